The van der Waals surface area contributed by atoms with E-state index in [0.29, 0.717) is 26.1 Å². The molecule has 132 valence electrons. The SMILES string of the molecule is Cc1ccc(OCCC(=O)N2CCN(c3ncccn3)CC2)c(C)c1. The summed E-state index contributed by atoms with van der Waals surface area (Å²) in [4.78, 5) is 24.9. The van der Waals surface area contributed by atoms with Gasteiger partial charge in [0.1, 0.15) is 5.75 Å². The highest BCUT2D eigenvalue weighted by Gasteiger charge is 2.22. The van der Waals surface area contributed by atoms with Gasteiger partial charge in [0.15, 0.2) is 0 Å². The third-order valence-corrected chi connectivity index (χ3v) is 4.37. The first-order valence-corrected chi connectivity index (χ1v) is 8.63. The van der Waals surface area contributed by atoms with Crippen molar-refractivity contribution in [3.8, 4) is 5.75 Å². The lowest BCUT2D eigenvalue weighted by atomic mass is 10.1. The normalized spacial score (nSPS) is 14.5. The molecule has 0 spiro atoms. The predicted octanol–water partition coefficient (Wildman–Crippen LogP) is 2.21. The molecule has 0 atom stereocenters. The smallest absolute Gasteiger partial charge is 0.226 e. The van der Waals surface area contributed by atoms with Crippen molar-refractivity contribution < 1.29 is 9.53 Å². The van der Waals surface area contributed by atoms with Crippen molar-refractivity contribution in [3.63, 3.8) is 0 Å². The number of carbonyl (C=O) groups is 1. The Morgan fingerprint density at radius 3 is 2.52 bits per heavy atom. The van der Waals surface area contributed by atoms with Crippen molar-refractivity contribution in [2.24, 2.45) is 0 Å². The minimum Gasteiger partial charge on any atom is -0.493 e. The van der Waals surface area contributed by atoms with E-state index in [1.807, 2.05) is 24.0 Å². The molecule has 1 fully saturated rings. The Kier molecular flexibility index (Phi) is 5.48. The fourth-order valence-electron chi connectivity index (χ4n) is 2.98. The second-order valence-electron chi connectivity index (χ2n) is 6.28. The van der Waals surface area contributed by atoms with E-state index < -0.39 is 0 Å². The quantitative estimate of drug-likeness (QED) is 0.835. The van der Waals surface area contributed by atoms with Crippen LogP contribution >= 0.6 is 0 Å². The lowest BCUT2D eigenvalue weighted by molar-refractivity contribution is -0.132. The summed E-state index contributed by atoms with van der Waals surface area (Å²) in [6.07, 6.45) is 3.88. The summed E-state index contributed by atoms with van der Waals surface area (Å²) >= 11 is 0. The van der Waals surface area contributed by atoms with Gasteiger partial charge in [-0.1, -0.05) is 17.7 Å². The summed E-state index contributed by atoms with van der Waals surface area (Å²) < 4.78 is 5.77. The number of aromatic nitrogens is 2. The molecule has 0 N–H and O–H groups in total. The van der Waals surface area contributed by atoms with Crippen LogP contribution in [0.25, 0.3) is 0 Å². The third kappa shape index (κ3) is 4.47. The first-order valence-electron chi connectivity index (χ1n) is 8.63. The molecule has 0 aliphatic carbocycles. The second kappa shape index (κ2) is 7.96. The monoisotopic (exact) mass is 340 g/mol. The number of rotatable bonds is 5. The number of nitrogens with zero attached hydrogens (tertiary/aromatic N) is 4. The van der Waals surface area contributed by atoms with Crippen LogP contribution in [0, 0.1) is 13.8 Å². The van der Waals surface area contributed by atoms with Crippen LogP contribution in [0.2, 0.25) is 0 Å². The number of aryl methyl sites for hydroxylation is 2. The summed E-state index contributed by atoms with van der Waals surface area (Å²) in [5.74, 6) is 1.72. The maximum atomic E-state index is 12.4. The van der Waals surface area contributed by atoms with Crippen molar-refractivity contribution in [1.82, 2.24) is 14.9 Å². The van der Waals surface area contributed by atoms with Crippen LogP contribution in [0.5, 0.6) is 5.75 Å². The molecule has 6 nitrogen and oxygen atoms in total. The molecule has 0 saturated carbocycles. The van der Waals surface area contributed by atoms with Crippen LogP contribution in [0.1, 0.15) is 17.5 Å². The van der Waals surface area contributed by atoms with E-state index in [4.69, 9.17) is 4.74 Å². The highest BCUT2D eigenvalue weighted by atomic mass is 16.5. The van der Waals surface area contributed by atoms with Crippen molar-refractivity contribution in [2.75, 3.05) is 37.7 Å². The van der Waals surface area contributed by atoms with Crippen LogP contribution in [-0.4, -0.2) is 53.6 Å². The lowest BCUT2D eigenvalue weighted by Crippen LogP contribution is -2.49. The fraction of sp³-hybridized carbons (Fsp3) is 0.421. The number of hydrogen-bond acceptors (Lipinski definition) is 5. The molecular formula is C19H24N4O2. The van der Waals surface area contributed by atoms with Gasteiger partial charge in [0.2, 0.25) is 11.9 Å². The molecule has 6 heteroatoms. The zero-order chi connectivity index (χ0) is 17.6. The van der Waals surface area contributed by atoms with Crippen molar-refractivity contribution >= 4 is 11.9 Å². The average molecular weight is 340 g/mol. The first kappa shape index (κ1) is 17.2. The molecule has 0 bridgehead atoms. The highest BCUT2D eigenvalue weighted by Crippen LogP contribution is 2.19. The van der Waals surface area contributed by atoms with Crippen molar-refractivity contribution in [3.05, 3.63) is 47.8 Å². The number of benzene rings is 1. The molecule has 1 aliphatic heterocycles. The molecule has 2 heterocycles. The second-order valence-corrected chi connectivity index (χ2v) is 6.28. The standard InChI is InChI=1S/C19H24N4O2/c1-15-4-5-17(16(2)14-15)25-13-6-18(24)22-9-11-23(12-10-22)19-20-7-3-8-21-19/h3-5,7-8,14H,6,9-13H2,1-2H3. The first-order chi connectivity index (χ1) is 12.1. The van der Waals surface area contributed by atoms with Gasteiger partial charge in [-0.3, -0.25) is 4.79 Å². The van der Waals surface area contributed by atoms with Crippen LogP contribution < -0.4 is 9.64 Å². The van der Waals surface area contributed by atoms with Gasteiger partial charge < -0.3 is 14.5 Å². The van der Waals surface area contributed by atoms with Gasteiger partial charge in [0.05, 0.1) is 13.0 Å². The Hall–Kier alpha value is -2.63. The molecule has 1 amide bonds. The molecule has 3 rings (SSSR count). The average Bonchev–Trinajstić information content (AvgIpc) is 2.64. The van der Waals surface area contributed by atoms with E-state index in [9.17, 15) is 4.79 Å². The molecule has 0 radical (unpaired) electrons. The summed E-state index contributed by atoms with van der Waals surface area (Å²) in [6.45, 7) is 7.39. The van der Waals surface area contributed by atoms with Gasteiger partial charge in [-0.05, 0) is 31.5 Å². The molecular weight excluding hydrogens is 316 g/mol. The highest BCUT2D eigenvalue weighted by molar-refractivity contribution is 5.76. The van der Waals surface area contributed by atoms with Crippen LogP contribution in [0.4, 0.5) is 5.95 Å². The predicted molar refractivity (Wildman–Crippen MR) is 96.9 cm³/mol. The van der Waals surface area contributed by atoms with Gasteiger partial charge in [0, 0.05) is 38.6 Å². The molecule has 1 aromatic carbocycles. The number of amides is 1. The molecule has 1 aromatic heterocycles. The van der Waals surface area contributed by atoms with Gasteiger partial charge in [-0.2, -0.15) is 0 Å². The maximum Gasteiger partial charge on any atom is 0.226 e. The van der Waals surface area contributed by atoms with E-state index in [1.54, 1.807) is 18.5 Å². The number of hydrogen-bond donors (Lipinski definition) is 0. The van der Waals surface area contributed by atoms with Gasteiger partial charge >= 0.3 is 0 Å². The number of carbonyl (C=O) groups excluding carboxylic acids is 1. The summed E-state index contributed by atoms with van der Waals surface area (Å²) in [5.41, 5.74) is 2.31. The molecule has 1 saturated heterocycles. The van der Waals surface area contributed by atoms with Crippen LogP contribution in [0.15, 0.2) is 36.7 Å². The number of piperazine rings is 1. The van der Waals surface area contributed by atoms with Gasteiger partial charge in [-0.15, -0.1) is 0 Å². The lowest BCUT2D eigenvalue weighted by Gasteiger charge is -2.34. The molecule has 2 aromatic rings. The summed E-state index contributed by atoms with van der Waals surface area (Å²) in [6, 6.07) is 7.88. The molecule has 0 unspecified atom stereocenters. The largest absolute Gasteiger partial charge is 0.493 e. The van der Waals surface area contributed by atoms with Crippen molar-refractivity contribution in [1.29, 1.82) is 0 Å². The molecule has 1 aliphatic rings. The Balaban J connectivity index is 1.43. The number of anilines is 1. The molecule has 25 heavy (non-hydrogen) atoms. The number of ether oxygens (including phenoxy) is 1. The van der Waals surface area contributed by atoms with E-state index in [1.165, 1.54) is 5.56 Å². The third-order valence-electron chi connectivity index (χ3n) is 4.37. The zero-order valence-electron chi connectivity index (χ0n) is 14.8. The van der Waals surface area contributed by atoms with Crippen LogP contribution in [-0.2, 0) is 4.79 Å². The summed E-state index contributed by atoms with van der Waals surface area (Å²) in [7, 11) is 0. The van der Waals surface area contributed by atoms with E-state index >= 15 is 0 Å². The topological polar surface area (TPSA) is 58.6 Å². The van der Waals surface area contributed by atoms with Gasteiger partial charge in [0.25, 0.3) is 0 Å². The Morgan fingerprint density at radius 1 is 1.12 bits per heavy atom. The fourth-order valence-corrected chi connectivity index (χ4v) is 2.98. The van der Waals surface area contributed by atoms with Gasteiger partial charge in [-0.25, -0.2) is 9.97 Å². The minimum absolute atomic E-state index is 0.137. The van der Waals surface area contributed by atoms with Crippen molar-refractivity contribution in [2.45, 2.75) is 20.3 Å². The maximum absolute atomic E-state index is 12.4. The Morgan fingerprint density at radius 2 is 1.84 bits per heavy atom. The Labute approximate surface area is 148 Å². The Bertz CT molecular complexity index is 713. The summed E-state index contributed by atoms with van der Waals surface area (Å²) in [5, 5.41) is 0. The van der Waals surface area contributed by atoms with Crippen LogP contribution in [0.3, 0.4) is 0 Å². The zero-order valence-corrected chi connectivity index (χ0v) is 14.8. The van der Waals surface area contributed by atoms with E-state index in [2.05, 4.69) is 27.9 Å². The van der Waals surface area contributed by atoms with E-state index in [0.717, 1.165) is 30.4 Å². The van der Waals surface area contributed by atoms with E-state index in [-0.39, 0.29) is 5.91 Å². The minimum atomic E-state index is 0.137.